The molecule has 16 heavy (non-hydrogen) atoms. The first kappa shape index (κ1) is 18.4. The summed E-state index contributed by atoms with van der Waals surface area (Å²) >= 11 is 0. The zero-order valence-electron chi connectivity index (χ0n) is 10.8. The van der Waals surface area contributed by atoms with Crippen LogP contribution in [0.1, 0.15) is 25.7 Å². The van der Waals surface area contributed by atoms with Gasteiger partial charge in [-0.15, -0.1) is 0 Å². The number of rotatable bonds is 8. The van der Waals surface area contributed by atoms with Crippen LogP contribution >= 0.6 is 0 Å². The van der Waals surface area contributed by atoms with Crippen LogP contribution in [-0.2, 0) is 14.6 Å². The first-order valence-electron chi connectivity index (χ1n) is 5.31. The summed E-state index contributed by atoms with van der Waals surface area (Å²) in [5, 5.41) is 0. The maximum atomic E-state index is 10.1. The lowest BCUT2D eigenvalue weighted by Gasteiger charge is -2.14. The molecule has 0 bridgehead atoms. The number of hydrogen-bond acceptors (Lipinski definition) is 4. The van der Waals surface area contributed by atoms with Crippen molar-refractivity contribution in [2.75, 3.05) is 6.61 Å². The first-order chi connectivity index (χ1) is 6.71. The summed E-state index contributed by atoms with van der Waals surface area (Å²) in [5.41, 5.74) is 0. The summed E-state index contributed by atoms with van der Waals surface area (Å²) in [4.78, 5) is 0. The molecule has 0 heterocycles. The van der Waals surface area contributed by atoms with Crippen molar-refractivity contribution in [3.05, 3.63) is 0 Å². The predicted octanol–water partition coefficient (Wildman–Crippen LogP) is 2.74. The van der Waals surface area contributed by atoms with Gasteiger partial charge in [-0.2, -0.15) is 0 Å². The Bertz CT molecular complexity index is 261. The van der Waals surface area contributed by atoms with E-state index in [0.29, 0.717) is 6.42 Å². The molecule has 0 saturated carbocycles. The molecule has 0 aromatic carbocycles. The molecule has 0 unspecified atom stereocenters. The highest BCUT2D eigenvalue weighted by Crippen LogP contribution is 2.14. The van der Waals surface area contributed by atoms with Crippen LogP contribution in [0.2, 0.25) is 25.7 Å². The minimum absolute atomic E-state index is 0. The van der Waals surface area contributed by atoms with Crippen molar-refractivity contribution in [1.29, 1.82) is 0 Å². The van der Waals surface area contributed by atoms with Crippen molar-refractivity contribution >= 4 is 18.5 Å². The zero-order chi connectivity index (χ0) is 11.9. The molecule has 100 valence electrons. The van der Waals surface area contributed by atoms with Gasteiger partial charge in [0.2, 0.25) is 10.4 Å². The maximum absolute atomic E-state index is 10.1. The highest BCUT2D eigenvalue weighted by Gasteiger charge is 2.11. The molecule has 7 heteroatoms. The molecule has 0 aliphatic carbocycles. The fourth-order valence-corrected chi connectivity index (χ4v) is 2.90. The molecule has 0 aliphatic heterocycles. The summed E-state index contributed by atoms with van der Waals surface area (Å²) in [6, 6.07) is 1.30. The molecule has 0 saturated heterocycles. The standard InChI is InChI=1S/C9H22O4SSi.H3N/c1-15(2,3)9-7-5-4-6-8-13-14(10,11)12;/h4-9H2,1-3H3,(H,10,11,12);1H3. The van der Waals surface area contributed by atoms with E-state index < -0.39 is 18.5 Å². The van der Waals surface area contributed by atoms with Gasteiger partial charge in [-0.25, -0.2) is 8.42 Å². The average molecular weight is 271 g/mol. The van der Waals surface area contributed by atoms with Crippen LogP contribution in [0.5, 0.6) is 0 Å². The summed E-state index contributed by atoms with van der Waals surface area (Å²) in [7, 11) is -5.42. The SMILES string of the molecule is C[Si](C)(C)CCCCCCOS(=O)(=O)[O-].[NH4+]. The van der Waals surface area contributed by atoms with Gasteiger partial charge in [0.1, 0.15) is 0 Å². The number of hydrogen-bond donors (Lipinski definition) is 1. The zero-order valence-corrected chi connectivity index (χ0v) is 12.6. The second-order valence-electron chi connectivity index (χ2n) is 4.96. The van der Waals surface area contributed by atoms with Gasteiger partial charge in [0, 0.05) is 8.07 Å². The van der Waals surface area contributed by atoms with Crippen LogP contribution in [0.4, 0.5) is 0 Å². The number of unbranched alkanes of at least 4 members (excludes halogenated alkanes) is 3. The first-order valence-corrected chi connectivity index (χ1v) is 10.3. The van der Waals surface area contributed by atoms with Gasteiger partial charge in [0.25, 0.3) is 0 Å². The third kappa shape index (κ3) is 16.5. The molecule has 0 aromatic heterocycles. The monoisotopic (exact) mass is 271 g/mol. The lowest BCUT2D eigenvalue weighted by Crippen LogP contribution is -2.18. The second-order valence-corrected chi connectivity index (χ2v) is 11.6. The van der Waals surface area contributed by atoms with E-state index in [1.807, 2.05) is 0 Å². The molecule has 4 N–H and O–H groups in total. The van der Waals surface area contributed by atoms with Crippen molar-refractivity contribution in [3.8, 4) is 0 Å². The molecule has 0 fully saturated rings. The normalized spacial score (nSPS) is 12.2. The van der Waals surface area contributed by atoms with Gasteiger partial charge in [-0.05, 0) is 6.42 Å². The van der Waals surface area contributed by atoms with Crippen molar-refractivity contribution in [1.82, 2.24) is 6.15 Å². The quantitative estimate of drug-likeness (QED) is 0.317. The Morgan fingerprint density at radius 2 is 1.56 bits per heavy atom. The fraction of sp³-hybridized carbons (Fsp3) is 1.00. The van der Waals surface area contributed by atoms with Gasteiger partial charge in [0.05, 0.1) is 6.61 Å². The van der Waals surface area contributed by atoms with Crippen molar-refractivity contribution in [2.24, 2.45) is 0 Å². The van der Waals surface area contributed by atoms with Crippen LogP contribution in [-0.4, -0.2) is 27.7 Å². The number of quaternary nitrogens is 1. The minimum atomic E-state index is -4.48. The molecular weight excluding hydrogens is 246 g/mol. The molecule has 0 aromatic rings. The summed E-state index contributed by atoms with van der Waals surface area (Å²) in [6.07, 6.45) is 3.86. The van der Waals surface area contributed by atoms with Crippen molar-refractivity contribution in [3.63, 3.8) is 0 Å². The molecule has 0 amide bonds. The Morgan fingerprint density at radius 1 is 1.06 bits per heavy atom. The van der Waals surface area contributed by atoms with E-state index in [-0.39, 0.29) is 12.8 Å². The van der Waals surface area contributed by atoms with Gasteiger partial charge >= 0.3 is 0 Å². The third-order valence-corrected chi connectivity index (χ3v) is 4.36. The Balaban J connectivity index is 0. The highest BCUT2D eigenvalue weighted by molar-refractivity contribution is 7.80. The topological polar surface area (TPSA) is 103 Å². The predicted molar refractivity (Wildman–Crippen MR) is 68.3 cm³/mol. The van der Waals surface area contributed by atoms with Crippen LogP contribution < -0.4 is 6.15 Å². The maximum Gasteiger partial charge on any atom is 0.217 e. The summed E-state index contributed by atoms with van der Waals surface area (Å²) in [5.74, 6) is 0. The van der Waals surface area contributed by atoms with Gasteiger partial charge in [0.15, 0.2) is 0 Å². The van der Waals surface area contributed by atoms with Crippen molar-refractivity contribution < 1.29 is 17.2 Å². The third-order valence-electron chi connectivity index (χ3n) is 2.05. The summed E-state index contributed by atoms with van der Waals surface area (Å²) < 4.78 is 34.3. The molecule has 0 atom stereocenters. The van der Waals surface area contributed by atoms with E-state index in [9.17, 15) is 13.0 Å². The Kier molecular flexibility index (Phi) is 9.42. The fourth-order valence-electron chi connectivity index (χ4n) is 1.27. The van der Waals surface area contributed by atoms with E-state index in [1.165, 1.54) is 12.5 Å². The average Bonchev–Trinajstić information content (AvgIpc) is 1.98. The van der Waals surface area contributed by atoms with E-state index in [2.05, 4.69) is 23.8 Å². The van der Waals surface area contributed by atoms with Crippen LogP contribution in [0.3, 0.4) is 0 Å². The molecule has 5 nitrogen and oxygen atoms in total. The molecule has 0 spiro atoms. The van der Waals surface area contributed by atoms with Crippen LogP contribution in [0.15, 0.2) is 0 Å². The smallest absolute Gasteiger partial charge is 0.217 e. The highest BCUT2D eigenvalue weighted by atomic mass is 32.3. The largest absolute Gasteiger partial charge is 0.726 e. The Labute approximate surface area is 100 Å². The van der Waals surface area contributed by atoms with E-state index >= 15 is 0 Å². The van der Waals surface area contributed by atoms with Crippen LogP contribution in [0.25, 0.3) is 0 Å². The van der Waals surface area contributed by atoms with E-state index in [4.69, 9.17) is 0 Å². The van der Waals surface area contributed by atoms with Gasteiger partial charge in [-0.1, -0.05) is 44.9 Å². The van der Waals surface area contributed by atoms with Gasteiger partial charge < -0.3 is 10.7 Å². The molecular formula is C9H25NO4SSi. The minimum Gasteiger partial charge on any atom is -0.726 e. The van der Waals surface area contributed by atoms with Gasteiger partial charge in [-0.3, -0.25) is 4.18 Å². The molecule has 0 radical (unpaired) electrons. The van der Waals surface area contributed by atoms with Crippen LogP contribution in [0, 0.1) is 0 Å². The van der Waals surface area contributed by atoms with E-state index in [1.54, 1.807) is 0 Å². The lowest BCUT2D eigenvalue weighted by atomic mass is 10.2. The Morgan fingerprint density at radius 3 is 2.00 bits per heavy atom. The van der Waals surface area contributed by atoms with E-state index in [0.717, 1.165) is 12.8 Å². The van der Waals surface area contributed by atoms with Crippen molar-refractivity contribution in [2.45, 2.75) is 51.4 Å². The summed E-state index contributed by atoms with van der Waals surface area (Å²) in [6.45, 7) is 7.03. The lowest BCUT2D eigenvalue weighted by molar-refractivity contribution is 0.255. The molecule has 0 aliphatic rings. The Hall–Kier alpha value is 0.0469. The second kappa shape index (κ2) is 8.18. The molecule has 0 rings (SSSR count).